The molecule has 0 saturated carbocycles. The van der Waals surface area contributed by atoms with Gasteiger partial charge in [0.05, 0.1) is 21.3 Å². The zero-order chi connectivity index (χ0) is 14.9. The lowest BCUT2D eigenvalue weighted by molar-refractivity contribution is 0.0944. The van der Waals surface area contributed by atoms with Gasteiger partial charge in [-0.2, -0.15) is 5.10 Å². The molecule has 0 unspecified atom stereocenters. The molecule has 2 heterocycles. The van der Waals surface area contributed by atoms with E-state index >= 15 is 0 Å². The van der Waals surface area contributed by atoms with Gasteiger partial charge in [0, 0.05) is 31.3 Å². The molecule has 20 heavy (non-hydrogen) atoms. The number of nitrogens with one attached hydrogen (secondary N) is 1. The lowest BCUT2D eigenvalue weighted by atomic mass is 10.1. The largest absolute Gasteiger partial charge is 0.397 e. The predicted octanol–water partition coefficient (Wildman–Crippen LogP) is 2.82. The molecule has 6 heteroatoms. The Balaban J connectivity index is 2.09. The fourth-order valence-corrected chi connectivity index (χ4v) is 3.01. The number of nitrogen functional groups attached to an aromatic ring is 1. The Morgan fingerprint density at radius 3 is 2.80 bits per heavy atom. The Hall–Kier alpha value is -1.82. The third-order valence-corrected chi connectivity index (χ3v) is 4.20. The Kier molecular flexibility index (Phi) is 4.13. The number of Topliss-reactive ketones (excluding diaryl/α,β-unsaturated/α-hetero) is 1. The van der Waals surface area contributed by atoms with Gasteiger partial charge in [0.1, 0.15) is 0 Å². The van der Waals surface area contributed by atoms with Crippen LogP contribution in [0, 0.1) is 12.8 Å². The van der Waals surface area contributed by atoms with Crippen LogP contribution in [0.5, 0.6) is 0 Å². The van der Waals surface area contributed by atoms with Crippen molar-refractivity contribution in [1.82, 2.24) is 9.78 Å². The summed E-state index contributed by atoms with van der Waals surface area (Å²) in [6.07, 6.45) is 1.99. The number of rotatable bonds is 5. The second-order valence-corrected chi connectivity index (χ2v) is 6.23. The number of carbonyl (C=O) groups excluding carboxylic acids is 1. The van der Waals surface area contributed by atoms with E-state index in [9.17, 15) is 4.79 Å². The van der Waals surface area contributed by atoms with Crippen LogP contribution in [0.15, 0.2) is 12.3 Å². The van der Waals surface area contributed by atoms with Crippen LogP contribution < -0.4 is 11.1 Å². The van der Waals surface area contributed by atoms with Crippen molar-refractivity contribution < 1.29 is 4.79 Å². The second-order valence-electron chi connectivity index (χ2n) is 5.18. The van der Waals surface area contributed by atoms with Crippen LogP contribution in [0.25, 0.3) is 0 Å². The van der Waals surface area contributed by atoms with Gasteiger partial charge in [-0.25, -0.2) is 0 Å². The molecule has 5 nitrogen and oxygen atoms in total. The highest BCUT2D eigenvalue weighted by Gasteiger charge is 2.17. The molecule has 2 aromatic heterocycles. The molecule has 0 radical (unpaired) electrons. The molecule has 0 aliphatic heterocycles. The molecular formula is C14H20N4OS. The Morgan fingerprint density at radius 2 is 2.25 bits per heavy atom. The zero-order valence-corrected chi connectivity index (χ0v) is 13.0. The molecule has 2 rings (SSSR count). The topological polar surface area (TPSA) is 72.9 Å². The first-order valence-electron chi connectivity index (χ1n) is 6.55. The predicted molar refractivity (Wildman–Crippen MR) is 83.2 cm³/mol. The van der Waals surface area contributed by atoms with Crippen molar-refractivity contribution >= 4 is 27.8 Å². The average molecular weight is 292 g/mol. The van der Waals surface area contributed by atoms with Crippen LogP contribution in [-0.2, 0) is 13.6 Å². The van der Waals surface area contributed by atoms with Crippen LogP contribution in [0.1, 0.15) is 34.8 Å². The van der Waals surface area contributed by atoms with Crippen LogP contribution >= 0.6 is 11.3 Å². The first-order chi connectivity index (χ1) is 9.38. The maximum atomic E-state index is 12.0. The number of ketones is 1. The maximum absolute atomic E-state index is 12.0. The summed E-state index contributed by atoms with van der Waals surface area (Å²) in [5.41, 5.74) is 8.61. The van der Waals surface area contributed by atoms with E-state index in [2.05, 4.69) is 10.4 Å². The molecule has 0 saturated heterocycles. The molecule has 108 valence electrons. The van der Waals surface area contributed by atoms with E-state index in [1.54, 1.807) is 4.68 Å². The summed E-state index contributed by atoms with van der Waals surface area (Å²) in [5, 5.41) is 8.51. The molecular weight excluding hydrogens is 272 g/mol. The van der Waals surface area contributed by atoms with Gasteiger partial charge in [0.15, 0.2) is 5.78 Å². The Labute approximate surface area is 122 Å². The summed E-state index contributed by atoms with van der Waals surface area (Å²) in [4.78, 5) is 12.6. The standard InChI is InChI=1S/C14H20N4OS/c1-8(2)13(19)14-11(15)5-12(20-14)16-6-10-7-18(4)17-9(10)3/h5,7-8,16H,6,15H2,1-4H3. The van der Waals surface area contributed by atoms with Crippen LogP contribution in [-0.4, -0.2) is 15.6 Å². The van der Waals surface area contributed by atoms with E-state index in [1.807, 2.05) is 40.1 Å². The minimum atomic E-state index is -0.0376. The number of nitrogens with zero attached hydrogens (tertiary/aromatic N) is 2. The third-order valence-electron chi connectivity index (χ3n) is 3.08. The van der Waals surface area contributed by atoms with Crippen molar-refractivity contribution in [3.8, 4) is 0 Å². The summed E-state index contributed by atoms with van der Waals surface area (Å²) in [6, 6.07) is 1.83. The fraction of sp³-hybridized carbons (Fsp3) is 0.429. The number of anilines is 2. The molecule has 0 fully saturated rings. The Bertz CT molecular complexity index is 627. The summed E-state index contributed by atoms with van der Waals surface area (Å²) >= 11 is 1.41. The third kappa shape index (κ3) is 3.01. The van der Waals surface area contributed by atoms with E-state index in [-0.39, 0.29) is 11.7 Å². The SMILES string of the molecule is Cc1nn(C)cc1CNc1cc(N)c(C(=O)C(C)C)s1. The quantitative estimate of drug-likeness (QED) is 0.831. The summed E-state index contributed by atoms with van der Waals surface area (Å²) < 4.78 is 1.79. The van der Waals surface area contributed by atoms with Crippen molar-refractivity contribution in [1.29, 1.82) is 0 Å². The van der Waals surface area contributed by atoms with Crippen molar-refractivity contribution in [3.63, 3.8) is 0 Å². The van der Waals surface area contributed by atoms with Crippen LogP contribution in [0.3, 0.4) is 0 Å². The number of thiophene rings is 1. The van der Waals surface area contributed by atoms with Gasteiger partial charge >= 0.3 is 0 Å². The fourth-order valence-electron chi connectivity index (χ4n) is 1.95. The molecule has 0 aliphatic rings. The number of hydrogen-bond donors (Lipinski definition) is 2. The van der Waals surface area contributed by atoms with Crippen molar-refractivity contribution in [2.75, 3.05) is 11.1 Å². The van der Waals surface area contributed by atoms with Gasteiger partial charge in [0.25, 0.3) is 0 Å². The van der Waals surface area contributed by atoms with Crippen molar-refractivity contribution in [2.24, 2.45) is 13.0 Å². The minimum Gasteiger partial charge on any atom is -0.397 e. The number of carbonyl (C=O) groups is 1. The molecule has 0 amide bonds. The number of hydrogen-bond acceptors (Lipinski definition) is 5. The van der Waals surface area contributed by atoms with Crippen molar-refractivity contribution in [3.05, 3.63) is 28.4 Å². The summed E-state index contributed by atoms with van der Waals surface area (Å²) in [7, 11) is 1.90. The van der Waals surface area contributed by atoms with Gasteiger partial charge < -0.3 is 11.1 Å². The van der Waals surface area contributed by atoms with Gasteiger partial charge in [-0.05, 0) is 13.0 Å². The molecule has 0 spiro atoms. The normalized spacial score (nSPS) is 11.1. The number of aryl methyl sites for hydroxylation is 2. The van der Waals surface area contributed by atoms with Crippen LogP contribution in [0.4, 0.5) is 10.7 Å². The maximum Gasteiger partial charge on any atom is 0.177 e. The number of nitrogens with two attached hydrogens (primary N) is 1. The highest BCUT2D eigenvalue weighted by atomic mass is 32.1. The van der Waals surface area contributed by atoms with Gasteiger partial charge in [-0.15, -0.1) is 11.3 Å². The monoisotopic (exact) mass is 292 g/mol. The lowest BCUT2D eigenvalue weighted by Crippen LogP contribution is -2.07. The molecule has 0 aliphatic carbocycles. The smallest absolute Gasteiger partial charge is 0.177 e. The van der Waals surface area contributed by atoms with Crippen LogP contribution in [0.2, 0.25) is 0 Å². The van der Waals surface area contributed by atoms with Gasteiger partial charge in [0.2, 0.25) is 0 Å². The van der Waals surface area contributed by atoms with E-state index < -0.39 is 0 Å². The summed E-state index contributed by atoms with van der Waals surface area (Å²) in [6.45, 7) is 6.42. The van der Waals surface area contributed by atoms with Gasteiger partial charge in [-0.3, -0.25) is 9.48 Å². The minimum absolute atomic E-state index is 0.0376. The first kappa shape index (κ1) is 14.6. The van der Waals surface area contributed by atoms with Crippen molar-refractivity contribution in [2.45, 2.75) is 27.3 Å². The average Bonchev–Trinajstić information content (AvgIpc) is 2.88. The highest BCUT2D eigenvalue weighted by molar-refractivity contribution is 7.18. The van der Waals surface area contributed by atoms with E-state index in [0.29, 0.717) is 17.1 Å². The zero-order valence-electron chi connectivity index (χ0n) is 12.2. The Morgan fingerprint density at radius 1 is 1.55 bits per heavy atom. The van der Waals surface area contributed by atoms with E-state index in [4.69, 9.17) is 5.73 Å². The lowest BCUT2D eigenvalue weighted by Gasteiger charge is -2.02. The van der Waals surface area contributed by atoms with E-state index in [1.165, 1.54) is 11.3 Å². The molecule has 0 atom stereocenters. The molecule has 0 bridgehead atoms. The molecule has 2 aromatic rings. The highest BCUT2D eigenvalue weighted by Crippen LogP contribution is 2.31. The second kappa shape index (κ2) is 5.66. The summed E-state index contributed by atoms with van der Waals surface area (Å²) in [5.74, 6) is 0.0578. The van der Waals surface area contributed by atoms with E-state index in [0.717, 1.165) is 16.3 Å². The number of aromatic nitrogens is 2. The molecule has 0 aromatic carbocycles. The first-order valence-corrected chi connectivity index (χ1v) is 7.36. The van der Waals surface area contributed by atoms with Gasteiger partial charge in [-0.1, -0.05) is 13.8 Å². The molecule has 3 N–H and O–H groups in total.